The summed E-state index contributed by atoms with van der Waals surface area (Å²) in [6, 6.07) is 4.02. The SMILES string of the molecule is CCCNc1c(C)c(C)nc2cc3c(cc12)OCCO3. The van der Waals surface area contributed by atoms with Crippen LogP contribution in [0.25, 0.3) is 10.9 Å². The van der Waals surface area contributed by atoms with Crippen molar-refractivity contribution < 1.29 is 9.47 Å². The Bertz CT molecular complexity index is 653. The summed E-state index contributed by atoms with van der Waals surface area (Å²) in [5.74, 6) is 1.61. The number of anilines is 1. The quantitative estimate of drug-likeness (QED) is 0.929. The van der Waals surface area contributed by atoms with Crippen LogP contribution < -0.4 is 14.8 Å². The molecule has 1 aliphatic heterocycles. The number of fused-ring (bicyclic) bond motifs is 2. The maximum absolute atomic E-state index is 5.68. The van der Waals surface area contributed by atoms with E-state index in [1.54, 1.807) is 0 Å². The third kappa shape index (κ3) is 2.15. The average molecular weight is 272 g/mol. The van der Waals surface area contributed by atoms with Crippen molar-refractivity contribution in [1.29, 1.82) is 0 Å². The Kier molecular flexibility index (Phi) is 3.38. The first-order valence-corrected chi connectivity index (χ1v) is 7.15. The highest BCUT2D eigenvalue weighted by Crippen LogP contribution is 2.38. The molecule has 0 bridgehead atoms. The van der Waals surface area contributed by atoms with Crippen LogP contribution in [-0.4, -0.2) is 24.7 Å². The van der Waals surface area contributed by atoms with Crippen molar-refractivity contribution in [3.05, 3.63) is 23.4 Å². The molecule has 20 heavy (non-hydrogen) atoms. The Morgan fingerprint density at radius 1 is 1.15 bits per heavy atom. The van der Waals surface area contributed by atoms with Crippen LogP contribution in [0.2, 0.25) is 0 Å². The molecule has 3 rings (SSSR count). The van der Waals surface area contributed by atoms with E-state index >= 15 is 0 Å². The molecule has 4 heteroatoms. The first kappa shape index (κ1) is 13.0. The number of pyridine rings is 1. The largest absolute Gasteiger partial charge is 0.486 e. The van der Waals surface area contributed by atoms with Gasteiger partial charge in [-0.2, -0.15) is 0 Å². The Morgan fingerprint density at radius 2 is 1.85 bits per heavy atom. The highest BCUT2D eigenvalue weighted by atomic mass is 16.6. The summed E-state index contributed by atoms with van der Waals surface area (Å²) >= 11 is 0. The lowest BCUT2D eigenvalue weighted by molar-refractivity contribution is 0.172. The molecule has 2 aromatic rings. The van der Waals surface area contributed by atoms with E-state index in [0.717, 1.165) is 46.7 Å². The number of rotatable bonds is 3. The Labute approximate surface area is 119 Å². The van der Waals surface area contributed by atoms with Crippen LogP contribution in [0.3, 0.4) is 0 Å². The van der Waals surface area contributed by atoms with Gasteiger partial charge in [0.1, 0.15) is 13.2 Å². The van der Waals surface area contributed by atoms with Crippen LogP contribution in [0.4, 0.5) is 5.69 Å². The minimum Gasteiger partial charge on any atom is -0.486 e. The number of aromatic nitrogens is 1. The van der Waals surface area contributed by atoms with Gasteiger partial charge in [-0.15, -0.1) is 0 Å². The molecule has 1 aliphatic rings. The Balaban J connectivity index is 2.20. The third-order valence-corrected chi connectivity index (χ3v) is 3.69. The minimum atomic E-state index is 0.601. The molecule has 0 spiro atoms. The monoisotopic (exact) mass is 272 g/mol. The summed E-state index contributed by atoms with van der Waals surface area (Å²) < 4.78 is 11.3. The number of hydrogen-bond donors (Lipinski definition) is 1. The molecule has 0 atom stereocenters. The van der Waals surface area contributed by atoms with Crippen LogP contribution in [0.5, 0.6) is 11.5 Å². The highest BCUT2D eigenvalue weighted by molar-refractivity contribution is 5.95. The van der Waals surface area contributed by atoms with E-state index in [0.29, 0.717) is 13.2 Å². The molecule has 1 aromatic heterocycles. The van der Waals surface area contributed by atoms with Gasteiger partial charge in [0, 0.05) is 29.4 Å². The second kappa shape index (κ2) is 5.19. The summed E-state index contributed by atoms with van der Waals surface area (Å²) in [7, 11) is 0. The standard InChI is InChI=1S/C16H20N2O2/c1-4-5-17-16-10(2)11(3)18-13-9-15-14(8-12(13)16)19-6-7-20-15/h8-9H,4-7H2,1-3H3,(H,17,18). The molecular weight excluding hydrogens is 252 g/mol. The lowest BCUT2D eigenvalue weighted by Crippen LogP contribution is -2.15. The molecule has 0 fully saturated rings. The maximum atomic E-state index is 5.68. The fourth-order valence-corrected chi connectivity index (χ4v) is 2.50. The molecule has 0 aliphatic carbocycles. The van der Waals surface area contributed by atoms with Gasteiger partial charge in [-0.3, -0.25) is 4.98 Å². The number of nitrogens with zero attached hydrogens (tertiary/aromatic N) is 1. The Hall–Kier alpha value is -1.97. The zero-order chi connectivity index (χ0) is 14.1. The van der Waals surface area contributed by atoms with Crippen molar-refractivity contribution in [3.8, 4) is 11.5 Å². The molecule has 0 saturated carbocycles. The van der Waals surface area contributed by atoms with Gasteiger partial charge in [-0.05, 0) is 31.9 Å². The summed E-state index contributed by atoms with van der Waals surface area (Å²) in [6.07, 6.45) is 1.09. The summed E-state index contributed by atoms with van der Waals surface area (Å²) in [5, 5.41) is 4.62. The van der Waals surface area contributed by atoms with Crippen molar-refractivity contribution in [3.63, 3.8) is 0 Å². The van der Waals surface area contributed by atoms with Gasteiger partial charge in [0.15, 0.2) is 11.5 Å². The zero-order valence-corrected chi connectivity index (χ0v) is 12.2. The van der Waals surface area contributed by atoms with Crippen LogP contribution >= 0.6 is 0 Å². The molecule has 0 unspecified atom stereocenters. The predicted octanol–water partition coefficient (Wildman–Crippen LogP) is 3.44. The number of hydrogen-bond acceptors (Lipinski definition) is 4. The van der Waals surface area contributed by atoms with Crippen molar-refractivity contribution in [2.45, 2.75) is 27.2 Å². The van der Waals surface area contributed by atoms with E-state index in [1.165, 1.54) is 5.56 Å². The van der Waals surface area contributed by atoms with Crippen molar-refractivity contribution in [2.75, 3.05) is 25.1 Å². The van der Waals surface area contributed by atoms with Gasteiger partial charge in [-0.1, -0.05) is 6.92 Å². The molecule has 2 heterocycles. The van der Waals surface area contributed by atoms with E-state index in [1.807, 2.05) is 19.1 Å². The van der Waals surface area contributed by atoms with Crippen LogP contribution in [0.15, 0.2) is 12.1 Å². The van der Waals surface area contributed by atoms with Gasteiger partial charge in [-0.25, -0.2) is 0 Å². The third-order valence-electron chi connectivity index (χ3n) is 3.69. The van der Waals surface area contributed by atoms with Crippen LogP contribution in [-0.2, 0) is 0 Å². The zero-order valence-electron chi connectivity index (χ0n) is 12.2. The second-order valence-corrected chi connectivity index (χ2v) is 5.14. The van der Waals surface area contributed by atoms with Gasteiger partial charge in [0.05, 0.1) is 5.52 Å². The molecular formula is C16H20N2O2. The topological polar surface area (TPSA) is 43.4 Å². The van der Waals surface area contributed by atoms with E-state index in [4.69, 9.17) is 9.47 Å². The van der Waals surface area contributed by atoms with Gasteiger partial charge in [0.2, 0.25) is 0 Å². The Morgan fingerprint density at radius 3 is 2.55 bits per heavy atom. The molecule has 0 saturated heterocycles. The highest BCUT2D eigenvalue weighted by Gasteiger charge is 2.16. The second-order valence-electron chi connectivity index (χ2n) is 5.14. The number of benzene rings is 1. The average Bonchev–Trinajstić information content (AvgIpc) is 2.46. The molecule has 106 valence electrons. The van der Waals surface area contributed by atoms with E-state index < -0.39 is 0 Å². The van der Waals surface area contributed by atoms with E-state index in [-0.39, 0.29) is 0 Å². The van der Waals surface area contributed by atoms with Crippen molar-refractivity contribution in [2.24, 2.45) is 0 Å². The number of nitrogens with one attached hydrogen (secondary N) is 1. The van der Waals surface area contributed by atoms with Gasteiger partial charge < -0.3 is 14.8 Å². The van der Waals surface area contributed by atoms with Crippen molar-refractivity contribution >= 4 is 16.6 Å². The summed E-state index contributed by atoms with van der Waals surface area (Å²) in [5.41, 5.74) is 4.36. The fourth-order valence-electron chi connectivity index (χ4n) is 2.50. The lowest BCUT2D eigenvalue weighted by Gasteiger charge is -2.21. The smallest absolute Gasteiger partial charge is 0.163 e. The first-order valence-electron chi connectivity index (χ1n) is 7.15. The number of aryl methyl sites for hydroxylation is 1. The molecule has 1 aromatic carbocycles. The van der Waals surface area contributed by atoms with E-state index in [9.17, 15) is 0 Å². The van der Waals surface area contributed by atoms with Crippen molar-refractivity contribution in [1.82, 2.24) is 4.98 Å². The molecule has 1 N–H and O–H groups in total. The maximum Gasteiger partial charge on any atom is 0.163 e. The number of ether oxygens (including phenoxy) is 2. The summed E-state index contributed by atoms with van der Waals surface area (Å²) in [6.45, 7) is 8.48. The molecule has 0 radical (unpaired) electrons. The van der Waals surface area contributed by atoms with Crippen LogP contribution in [0.1, 0.15) is 24.6 Å². The van der Waals surface area contributed by atoms with Gasteiger partial charge >= 0.3 is 0 Å². The first-order chi connectivity index (χ1) is 9.70. The normalized spacial score (nSPS) is 13.6. The fraction of sp³-hybridized carbons (Fsp3) is 0.438. The molecule has 4 nitrogen and oxygen atoms in total. The van der Waals surface area contributed by atoms with Crippen LogP contribution in [0, 0.1) is 13.8 Å². The summed E-state index contributed by atoms with van der Waals surface area (Å²) in [4.78, 5) is 4.68. The lowest BCUT2D eigenvalue weighted by atomic mass is 10.1. The minimum absolute atomic E-state index is 0.601. The molecule has 0 amide bonds. The van der Waals surface area contributed by atoms with Gasteiger partial charge in [0.25, 0.3) is 0 Å². The van der Waals surface area contributed by atoms with E-state index in [2.05, 4.69) is 24.1 Å². The predicted molar refractivity (Wildman–Crippen MR) is 81.0 cm³/mol.